The molecule has 0 saturated heterocycles. The summed E-state index contributed by atoms with van der Waals surface area (Å²) in [5.74, 6) is -0.667. The van der Waals surface area contributed by atoms with Crippen LogP contribution < -0.4 is 14.8 Å². The number of Topliss-reactive ketones (excluding diaryl/α,β-unsaturated/α-hetero) is 1. The third kappa shape index (κ3) is 3.74. The van der Waals surface area contributed by atoms with Crippen molar-refractivity contribution in [2.24, 2.45) is 0 Å². The van der Waals surface area contributed by atoms with E-state index < -0.39 is 5.82 Å². The Morgan fingerprint density at radius 1 is 1.25 bits per heavy atom. The van der Waals surface area contributed by atoms with Gasteiger partial charge >= 0.3 is 0 Å². The van der Waals surface area contributed by atoms with Crippen molar-refractivity contribution in [3.05, 3.63) is 83.7 Å². The summed E-state index contributed by atoms with van der Waals surface area (Å²) in [6, 6.07) is 7.67. The van der Waals surface area contributed by atoms with Crippen molar-refractivity contribution in [3.8, 4) is 0 Å². The fourth-order valence-electron chi connectivity index (χ4n) is 2.01. The number of ketones is 1. The van der Waals surface area contributed by atoms with E-state index in [2.05, 4.69) is 25.9 Å². The number of nitrogens with zero attached hydrogens (tertiary/aromatic N) is 1. The fourth-order valence-corrected chi connectivity index (χ4v) is 3.26. The van der Waals surface area contributed by atoms with E-state index in [-0.39, 0.29) is 11.3 Å². The second kappa shape index (κ2) is 7.02. The number of carbonyl (C=O) groups excluding carboxylic acids is 1. The number of carbonyl (C=O) groups is 1. The highest BCUT2D eigenvalue weighted by Gasteiger charge is 2.04. The Hall–Kier alpha value is -2.38. The first-order valence-corrected chi connectivity index (χ1v) is 8.46. The zero-order valence-corrected chi connectivity index (χ0v) is 14.5. The van der Waals surface area contributed by atoms with Crippen molar-refractivity contribution < 1.29 is 9.18 Å². The number of aromatic nitrogens is 2. The Morgan fingerprint density at radius 2 is 2.00 bits per heavy atom. The van der Waals surface area contributed by atoms with Gasteiger partial charge < -0.3 is 4.98 Å². The molecule has 24 heavy (non-hydrogen) atoms. The maximum Gasteiger partial charge on any atom is 0.266 e. The minimum Gasteiger partial charge on any atom is -0.313 e. The molecule has 2 aromatic heterocycles. The third-order valence-corrected chi connectivity index (χ3v) is 4.61. The van der Waals surface area contributed by atoms with Crippen LogP contribution in [0.15, 0.2) is 52.0 Å². The molecule has 4 nitrogen and oxygen atoms in total. The number of rotatable bonds is 3. The lowest BCUT2D eigenvalue weighted by molar-refractivity contribution is 0.106. The third-order valence-electron chi connectivity index (χ3n) is 3.15. The van der Waals surface area contributed by atoms with Gasteiger partial charge in [-0.15, -0.1) is 11.3 Å². The minimum atomic E-state index is -0.426. The number of pyridine rings is 1. The molecule has 0 unspecified atom stereocenters. The number of nitrogens with one attached hydrogen (secondary N) is 1. The molecule has 1 aromatic carbocycles. The molecule has 3 aromatic rings. The lowest BCUT2D eigenvalue weighted by atomic mass is 10.2. The molecule has 0 amide bonds. The summed E-state index contributed by atoms with van der Waals surface area (Å²) in [5, 5.41) is 0. The molecule has 0 atom stereocenters. The summed E-state index contributed by atoms with van der Waals surface area (Å²) in [6.07, 6.45) is 5.84. The zero-order valence-electron chi connectivity index (χ0n) is 12.1. The minimum absolute atomic E-state index is 0.241. The SMILES string of the molecule is O=C(/C=c1/[nH]c(=O)/c(=C/c2cc(Br)ccc2F)s1)c1ccncc1. The molecule has 0 spiro atoms. The van der Waals surface area contributed by atoms with E-state index in [0.717, 1.165) is 11.3 Å². The van der Waals surface area contributed by atoms with E-state index in [1.165, 1.54) is 30.6 Å². The number of thiazole rings is 1. The molecule has 120 valence electrons. The van der Waals surface area contributed by atoms with Gasteiger partial charge in [-0.1, -0.05) is 15.9 Å². The fraction of sp³-hybridized carbons (Fsp3) is 0. The van der Waals surface area contributed by atoms with Crippen molar-refractivity contribution in [1.29, 1.82) is 0 Å². The average Bonchev–Trinajstić information content (AvgIpc) is 2.91. The number of H-pyrrole nitrogens is 1. The molecule has 0 fully saturated rings. The number of benzene rings is 1. The Bertz CT molecular complexity index is 1070. The lowest BCUT2D eigenvalue weighted by Crippen LogP contribution is -2.20. The van der Waals surface area contributed by atoms with Crippen LogP contribution >= 0.6 is 27.3 Å². The first-order chi connectivity index (χ1) is 11.5. The van der Waals surface area contributed by atoms with Crippen molar-refractivity contribution in [1.82, 2.24) is 9.97 Å². The first-order valence-electron chi connectivity index (χ1n) is 6.85. The summed E-state index contributed by atoms with van der Waals surface area (Å²) < 4.78 is 15.2. The average molecular weight is 405 g/mol. The van der Waals surface area contributed by atoms with Gasteiger partial charge in [-0.05, 0) is 36.4 Å². The molecule has 2 heterocycles. The quantitative estimate of drug-likeness (QED) is 0.680. The summed E-state index contributed by atoms with van der Waals surface area (Å²) in [6.45, 7) is 0. The van der Waals surface area contributed by atoms with Gasteiger partial charge in [-0.3, -0.25) is 14.6 Å². The van der Waals surface area contributed by atoms with Crippen LogP contribution in [0.1, 0.15) is 15.9 Å². The Kier molecular flexibility index (Phi) is 4.82. The van der Waals surface area contributed by atoms with E-state index in [9.17, 15) is 14.0 Å². The highest BCUT2D eigenvalue weighted by molar-refractivity contribution is 9.10. The predicted octanol–water partition coefficient (Wildman–Crippen LogP) is 2.23. The second-order valence-electron chi connectivity index (χ2n) is 4.84. The monoisotopic (exact) mass is 404 g/mol. The van der Waals surface area contributed by atoms with Gasteiger partial charge in [0.15, 0.2) is 5.78 Å². The largest absolute Gasteiger partial charge is 0.313 e. The van der Waals surface area contributed by atoms with Crippen molar-refractivity contribution >= 4 is 45.2 Å². The van der Waals surface area contributed by atoms with Gasteiger partial charge in [0.1, 0.15) is 5.82 Å². The van der Waals surface area contributed by atoms with Crippen molar-refractivity contribution in [2.45, 2.75) is 0 Å². The molecule has 0 aliphatic rings. The highest BCUT2D eigenvalue weighted by atomic mass is 79.9. The van der Waals surface area contributed by atoms with Gasteiger partial charge in [-0.2, -0.15) is 0 Å². The predicted molar refractivity (Wildman–Crippen MR) is 94.9 cm³/mol. The van der Waals surface area contributed by atoms with Gasteiger partial charge in [0.25, 0.3) is 5.56 Å². The standard InChI is InChI=1S/C17H10BrFN2O2S/c18-12-1-2-13(19)11(7-12)8-15-17(23)21-16(24-15)9-14(22)10-3-5-20-6-4-10/h1-9H,(H,21,23)/b15-8-,16-9-. The summed E-state index contributed by atoms with van der Waals surface area (Å²) >= 11 is 4.36. The van der Waals surface area contributed by atoms with E-state index in [1.54, 1.807) is 24.3 Å². The summed E-state index contributed by atoms with van der Waals surface area (Å²) in [5.41, 5.74) is 0.403. The zero-order chi connectivity index (χ0) is 17.1. The van der Waals surface area contributed by atoms with Crippen LogP contribution in [-0.2, 0) is 0 Å². The van der Waals surface area contributed by atoms with Crippen molar-refractivity contribution in [3.63, 3.8) is 0 Å². The summed E-state index contributed by atoms with van der Waals surface area (Å²) in [7, 11) is 0. The van der Waals surface area contributed by atoms with Gasteiger partial charge in [0, 0.05) is 34.1 Å². The second-order valence-corrected chi connectivity index (χ2v) is 6.84. The van der Waals surface area contributed by atoms with Gasteiger partial charge in [-0.25, -0.2) is 4.39 Å². The Morgan fingerprint density at radius 3 is 2.75 bits per heavy atom. The van der Waals surface area contributed by atoms with Crippen LogP contribution in [0.4, 0.5) is 4.39 Å². The normalized spacial score (nSPS) is 12.6. The van der Waals surface area contributed by atoms with E-state index in [0.29, 0.717) is 24.8 Å². The highest BCUT2D eigenvalue weighted by Crippen LogP contribution is 2.15. The van der Waals surface area contributed by atoms with Crippen LogP contribution in [0, 0.1) is 5.82 Å². The maximum absolute atomic E-state index is 13.8. The molecule has 3 rings (SSSR count). The van der Waals surface area contributed by atoms with E-state index in [1.807, 2.05) is 0 Å². The van der Waals surface area contributed by atoms with E-state index >= 15 is 0 Å². The van der Waals surface area contributed by atoms with Crippen LogP contribution in [0.25, 0.3) is 12.2 Å². The number of hydrogen-bond donors (Lipinski definition) is 1. The molecule has 7 heteroatoms. The molecular weight excluding hydrogens is 395 g/mol. The Labute approximate surface area is 148 Å². The first kappa shape index (κ1) is 16.5. The molecule has 0 saturated carbocycles. The van der Waals surface area contributed by atoms with Crippen LogP contribution in [0.3, 0.4) is 0 Å². The van der Waals surface area contributed by atoms with Gasteiger partial charge in [0.05, 0.1) is 9.20 Å². The molecular formula is C17H10BrFN2O2S. The van der Waals surface area contributed by atoms with Gasteiger partial charge in [0.2, 0.25) is 0 Å². The molecule has 0 radical (unpaired) electrons. The van der Waals surface area contributed by atoms with Crippen LogP contribution in [-0.4, -0.2) is 15.8 Å². The van der Waals surface area contributed by atoms with E-state index in [4.69, 9.17) is 0 Å². The number of aromatic amines is 1. The smallest absolute Gasteiger partial charge is 0.266 e. The number of hydrogen-bond acceptors (Lipinski definition) is 4. The van der Waals surface area contributed by atoms with Crippen molar-refractivity contribution in [2.75, 3.05) is 0 Å². The van der Waals surface area contributed by atoms with Crippen LogP contribution in [0.2, 0.25) is 0 Å². The maximum atomic E-state index is 13.8. The molecule has 1 N–H and O–H groups in total. The lowest BCUT2D eigenvalue weighted by Gasteiger charge is -1.96. The Balaban J connectivity index is 2.03. The summed E-state index contributed by atoms with van der Waals surface area (Å²) in [4.78, 5) is 30.6. The van der Waals surface area contributed by atoms with Crippen LogP contribution in [0.5, 0.6) is 0 Å². The molecule has 0 bridgehead atoms. The topological polar surface area (TPSA) is 62.8 Å². The number of halogens is 2. The molecule has 0 aliphatic heterocycles. The molecule has 0 aliphatic carbocycles.